The molecule has 2 aliphatic carbocycles. The Morgan fingerprint density at radius 1 is 1.29 bits per heavy atom. The van der Waals surface area contributed by atoms with Gasteiger partial charge in [0.25, 0.3) is 0 Å². The zero-order chi connectivity index (χ0) is 21.8. The van der Waals surface area contributed by atoms with Crippen LogP contribution in [-0.4, -0.2) is 26.6 Å². The van der Waals surface area contributed by atoms with E-state index in [-0.39, 0.29) is 10.3 Å². The van der Waals surface area contributed by atoms with Crippen LogP contribution in [0.15, 0.2) is 21.5 Å². The average molecular weight is 444 g/mol. The summed E-state index contributed by atoms with van der Waals surface area (Å²) in [5, 5.41) is 13.3. The zero-order valence-corrected chi connectivity index (χ0v) is 18.9. The Morgan fingerprint density at radius 2 is 1.97 bits per heavy atom. The van der Waals surface area contributed by atoms with Crippen LogP contribution in [0.5, 0.6) is 5.88 Å². The highest BCUT2D eigenvalue weighted by atomic mass is 32.2. The van der Waals surface area contributed by atoms with Gasteiger partial charge in [-0.1, -0.05) is 19.9 Å². The van der Waals surface area contributed by atoms with E-state index in [1.165, 1.54) is 28.5 Å². The lowest BCUT2D eigenvalue weighted by Crippen LogP contribution is -2.35. The normalized spacial score (nSPS) is 23.3. The third-order valence-electron chi connectivity index (χ3n) is 6.94. The average Bonchev–Trinajstić information content (AvgIpc) is 3.46. The molecular formula is C22H29N5O3S. The number of nitrogens with zero attached hydrogens (tertiary/aromatic N) is 3. The molecule has 31 heavy (non-hydrogen) atoms. The van der Waals surface area contributed by atoms with Gasteiger partial charge in [-0.25, -0.2) is 18.8 Å². The lowest BCUT2D eigenvalue weighted by atomic mass is 9.88. The van der Waals surface area contributed by atoms with E-state index in [1.54, 1.807) is 4.68 Å². The van der Waals surface area contributed by atoms with Crippen molar-refractivity contribution in [1.29, 1.82) is 0 Å². The number of anilines is 1. The number of fused-ring (bicyclic) bond motifs is 3. The highest BCUT2D eigenvalue weighted by Gasteiger charge is 2.34. The smallest absolute Gasteiger partial charge is 0.354 e. The van der Waals surface area contributed by atoms with Gasteiger partial charge in [-0.05, 0) is 67.2 Å². The van der Waals surface area contributed by atoms with Crippen LogP contribution in [0.4, 0.5) is 10.5 Å². The summed E-state index contributed by atoms with van der Waals surface area (Å²) in [6.07, 6.45) is 8.46. The fourth-order valence-electron chi connectivity index (χ4n) is 4.95. The number of carbonyl (C=O) groups is 1. The summed E-state index contributed by atoms with van der Waals surface area (Å²) in [7, 11) is -3.50. The molecule has 5 rings (SSSR count). The minimum atomic E-state index is -3.50. The van der Waals surface area contributed by atoms with Crippen molar-refractivity contribution in [3.63, 3.8) is 0 Å². The summed E-state index contributed by atoms with van der Waals surface area (Å²) in [5.41, 5.74) is 5.81. The number of rotatable bonds is 3. The Hall–Kier alpha value is -2.39. The number of nitrogens with two attached hydrogens (primary N) is 1. The van der Waals surface area contributed by atoms with E-state index in [0.29, 0.717) is 19.0 Å². The monoisotopic (exact) mass is 443 g/mol. The van der Waals surface area contributed by atoms with Crippen molar-refractivity contribution in [2.45, 2.75) is 70.2 Å². The second-order valence-corrected chi connectivity index (χ2v) is 11.0. The van der Waals surface area contributed by atoms with E-state index in [9.17, 15) is 9.00 Å². The van der Waals surface area contributed by atoms with Crippen molar-refractivity contribution in [2.24, 2.45) is 14.9 Å². The predicted molar refractivity (Wildman–Crippen MR) is 119 cm³/mol. The molecule has 3 N–H and O–H groups in total. The molecule has 9 heteroatoms. The van der Waals surface area contributed by atoms with Crippen molar-refractivity contribution in [1.82, 2.24) is 9.78 Å². The largest absolute Gasteiger partial charge is 0.476 e. The Balaban J connectivity index is 1.45. The number of amides is 2. The number of nitrogens with one attached hydrogen (secondary N) is 1. The third kappa shape index (κ3) is 3.53. The molecule has 0 saturated heterocycles. The van der Waals surface area contributed by atoms with Crippen LogP contribution in [0.1, 0.15) is 55.4 Å². The first kappa shape index (κ1) is 20.5. The van der Waals surface area contributed by atoms with Gasteiger partial charge in [0.1, 0.15) is 4.90 Å². The topological polar surface area (TPSA) is 112 Å². The SMILES string of the molecule is CCC1(C)COc2c(S(N)(=O)=NC(=O)Nc3c4c(cc5c3CCC5)CCC4)cnn2C1. The fourth-order valence-corrected chi connectivity index (χ4v) is 5.95. The maximum atomic E-state index is 13.2. The molecule has 2 heterocycles. The molecule has 1 aliphatic heterocycles. The Kier molecular flexibility index (Phi) is 4.86. The van der Waals surface area contributed by atoms with Crippen LogP contribution in [0, 0.1) is 5.41 Å². The van der Waals surface area contributed by atoms with Gasteiger partial charge in [0, 0.05) is 11.1 Å². The molecule has 166 valence electrons. The van der Waals surface area contributed by atoms with Gasteiger partial charge >= 0.3 is 6.03 Å². The van der Waals surface area contributed by atoms with Crippen molar-refractivity contribution in [3.8, 4) is 5.88 Å². The van der Waals surface area contributed by atoms with Crippen LogP contribution < -0.4 is 15.2 Å². The van der Waals surface area contributed by atoms with E-state index in [2.05, 4.69) is 34.7 Å². The second kappa shape index (κ2) is 7.34. The Bertz CT molecular complexity index is 1160. The van der Waals surface area contributed by atoms with Gasteiger partial charge in [0.2, 0.25) is 5.88 Å². The maximum Gasteiger partial charge on any atom is 0.354 e. The Morgan fingerprint density at radius 3 is 2.61 bits per heavy atom. The molecule has 0 radical (unpaired) electrons. The number of hydrogen-bond acceptors (Lipinski definition) is 4. The summed E-state index contributed by atoms with van der Waals surface area (Å²) in [6, 6.07) is 1.61. The molecule has 2 atom stereocenters. The van der Waals surface area contributed by atoms with Crippen LogP contribution >= 0.6 is 0 Å². The molecule has 3 aliphatic rings. The first-order valence-corrected chi connectivity index (χ1v) is 12.6. The molecule has 1 aromatic carbocycles. The van der Waals surface area contributed by atoms with E-state index >= 15 is 0 Å². The minimum Gasteiger partial charge on any atom is -0.476 e. The van der Waals surface area contributed by atoms with Crippen molar-refractivity contribution < 1.29 is 13.7 Å². The first-order chi connectivity index (χ1) is 14.8. The van der Waals surface area contributed by atoms with Crippen molar-refractivity contribution in [3.05, 3.63) is 34.5 Å². The zero-order valence-electron chi connectivity index (χ0n) is 18.1. The quantitative estimate of drug-likeness (QED) is 0.755. The van der Waals surface area contributed by atoms with Crippen molar-refractivity contribution in [2.75, 3.05) is 11.9 Å². The predicted octanol–water partition coefficient (Wildman–Crippen LogP) is 3.60. The fraction of sp³-hybridized carbons (Fsp3) is 0.545. The molecule has 8 nitrogen and oxygen atoms in total. The molecule has 2 aromatic rings. The molecule has 0 bridgehead atoms. The number of hydrogen-bond donors (Lipinski definition) is 2. The second-order valence-electron chi connectivity index (χ2n) is 9.25. The summed E-state index contributed by atoms with van der Waals surface area (Å²) in [5.74, 6) is 0.344. The molecule has 0 spiro atoms. The number of carbonyl (C=O) groups excluding carboxylic acids is 1. The lowest BCUT2D eigenvalue weighted by molar-refractivity contribution is 0.0783. The summed E-state index contributed by atoms with van der Waals surface area (Å²) < 4.78 is 24.6. The van der Waals surface area contributed by atoms with Gasteiger partial charge in [0.15, 0.2) is 9.92 Å². The standard InChI is InChI=1S/C22H29N5O3S/c1-3-22(2)12-27-20(30-13-22)18(11-24-27)31(23,29)26-21(28)25-19-16-8-4-6-14(16)10-15-7-5-9-17(15)19/h10-11H,3-9,12-13H2,1-2H3,(H3,23,25,26,28,29). The minimum absolute atomic E-state index is 0.0473. The number of ether oxygens (including phenoxy) is 1. The van der Waals surface area contributed by atoms with Crippen molar-refractivity contribution >= 4 is 21.6 Å². The number of benzene rings is 1. The van der Waals surface area contributed by atoms with E-state index < -0.39 is 15.9 Å². The van der Waals surface area contributed by atoms with Crippen LogP contribution in [-0.2, 0) is 42.1 Å². The van der Waals surface area contributed by atoms with Gasteiger partial charge < -0.3 is 10.1 Å². The summed E-state index contributed by atoms with van der Waals surface area (Å²) >= 11 is 0. The number of urea groups is 1. The molecule has 0 fully saturated rings. The lowest BCUT2D eigenvalue weighted by Gasteiger charge is -2.33. The highest BCUT2D eigenvalue weighted by molar-refractivity contribution is 7.91. The van der Waals surface area contributed by atoms with Gasteiger partial charge in [0.05, 0.1) is 19.3 Å². The van der Waals surface area contributed by atoms with E-state index in [4.69, 9.17) is 9.88 Å². The van der Waals surface area contributed by atoms with Gasteiger partial charge in [-0.15, -0.1) is 4.36 Å². The first-order valence-electron chi connectivity index (χ1n) is 11.0. The molecule has 2 unspecified atom stereocenters. The molecule has 1 aromatic heterocycles. The number of aryl methyl sites for hydroxylation is 2. The van der Waals surface area contributed by atoms with Crippen LogP contribution in [0.2, 0.25) is 0 Å². The summed E-state index contributed by atoms with van der Waals surface area (Å²) in [6.45, 7) is 5.34. The molecule has 0 saturated carbocycles. The van der Waals surface area contributed by atoms with Crippen LogP contribution in [0.3, 0.4) is 0 Å². The molecule has 2 amide bonds. The maximum absolute atomic E-state index is 13.2. The highest BCUT2D eigenvalue weighted by Crippen LogP contribution is 2.39. The van der Waals surface area contributed by atoms with Gasteiger partial charge in [-0.2, -0.15) is 5.10 Å². The van der Waals surface area contributed by atoms with E-state index in [1.807, 2.05) is 0 Å². The third-order valence-corrected chi connectivity index (χ3v) is 8.29. The molecular weight excluding hydrogens is 414 g/mol. The number of aromatic nitrogens is 2. The summed E-state index contributed by atoms with van der Waals surface area (Å²) in [4.78, 5) is 13.0. The van der Waals surface area contributed by atoms with E-state index in [0.717, 1.165) is 50.6 Å². The van der Waals surface area contributed by atoms with Gasteiger partial charge in [-0.3, -0.25) is 0 Å². The Labute approximate surface area is 182 Å². The van der Waals surface area contributed by atoms with Crippen LogP contribution in [0.25, 0.3) is 0 Å².